The first-order valence-electron chi connectivity index (χ1n) is 7.26. The lowest BCUT2D eigenvalue weighted by molar-refractivity contribution is 0.616. The lowest BCUT2D eigenvalue weighted by Gasteiger charge is -2.09. The van der Waals surface area contributed by atoms with Gasteiger partial charge in [0.1, 0.15) is 5.82 Å². The van der Waals surface area contributed by atoms with Gasteiger partial charge in [0.15, 0.2) is 5.03 Å². The largest absolute Gasteiger partial charge is 0.287 e. The molecule has 0 bridgehead atoms. The lowest BCUT2D eigenvalue weighted by atomic mass is 10.2. The Bertz CT molecular complexity index is 942. The Hall–Kier alpha value is -2.11. The number of thioether (sulfide) groups is 1. The molecule has 0 spiro atoms. The van der Waals surface area contributed by atoms with Gasteiger partial charge in [-0.05, 0) is 36.2 Å². The number of rotatable bonds is 4. The second kappa shape index (κ2) is 7.20. The summed E-state index contributed by atoms with van der Waals surface area (Å²) < 4.78 is 15.2. The van der Waals surface area contributed by atoms with Crippen LogP contribution in [0.2, 0.25) is 5.02 Å². The van der Waals surface area contributed by atoms with Crippen LogP contribution in [-0.4, -0.2) is 9.55 Å². The van der Waals surface area contributed by atoms with Gasteiger partial charge < -0.3 is 0 Å². The van der Waals surface area contributed by atoms with Crippen LogP contribution in [0.5, 0.6) is 0 Å². The molecule has 3 aromatic rings. The SMILES string of the molecule is Cc1ccc(-n2ccnc(SCc3ccccc3Cl)c2=O)cc1F. The first kappa shape index (κ1) is 16.7. The van der Waals surface area contributed by atoms with Crippen LogP contribution in [0.15, 0.2) is 64.7 Å². The molecule has 3 nitrogen and oxygen atoms in total. The summed E-state index contributed by atoms with van der Waals surface area (Å²) >= 11 is 7.44. The van der Waals surface area contributed by atoms with Gasteiger partial charge in [0, 0.05) is 23.2 Å². The molecular weight excluding hydrogens is 347 g/mol. The van der Waals surface area contributed by atoms with Crippen molar-refractivity contribution in [2.24, 2.45) is 0 Å². The Morgan fingerprint density at radius 3 is 2.79 bits per heavy atom. The van der Waals surface area contributed by atoms with Gasteiger partial charge in [-0.2, -0.15) is 0 Å². The number of aryl methyl sites for hydroxylation is 1. The highest BCUT2D eigenvalue weighted by Gasteiger charge is 2.10. The van der Waals surface area contributed by atoms with Gasteiger partial charge in [0.2, 0.25) is 0 Å². The van der Waals surface area contributed by atoms with Gasteiger partial charge in [0.25, 0.3) is 5.56 Å². The maximum Gasteiger partial charge on any atom is 0.287 e. The molecule has 0 N–H and O–H groups in total. The molecule has 2 aromatic carbocycles. The van der Waals surface area contributed by atoms with E-state index < -0.39 is 0 Å². The molecule has 0 amide bonds. The third-order valence-corrected chi connectivity index (χ3v) is 4.94. The second-order valence-electron chi connectivity index (χ2n) is 5.22. The van der Waals surface area contributed by atoms with E-state index in [4.69, 9.17) is 11.6 Å². The van der Waals surface area contributed by atoms with E-state index in [0.717, 1.165) is 5.56 Å². The van der Waals surface area contributed by atoms with Crippen molar-refractivity contribution in [3.05, 3.63) is 87.2 Å². The number of halogens is 2. The number of aromatic nitrogens is 2. The molecule has 0 aliphatic heterocycles. The minimum absolute atomic E-state index is 0.280. The molecule has 0 aliphatic rings. The third kappa shape index (κ3) is 3.52. The minimum atomic E-state index is -0.346. The topological polar surface area (TPSA) is 34.9 Å². The summed E-state index contributed by atoms with van der Waals surface area (Å²) in [5.74, 6) is 0.190. The third-order valence-electron chi connectivity index (χ3n) is 3.57. The molecular formula is C18H14ClFN2OS. The van der Waals surface area contributed by atoms with Crippen molar-refractivity contribution < 1.29 is 4.39 Å². The van der Waals surface area contributed by atoms with Crippen LogP contribution in [0.4, 0.5) is 4.39 Å². The van der Waals surface area contributed by atoms with Crippen LogP contribution >= 0.6 is 23.4 Å². The van der Waals surface area contributed by atoms with Crippen molar-refractivity contribution in [3.8, 4) is 5.69 Å². The van der Waals surface area contributed by atoms with Gasteiger partial charge in [-0.1, -0.05) is 47.6 Å². The zero-order chi connectivity index (χ0) is 17.1. The van der Waals surface area contributed by atoms with Crippen LogP contribution in [0.1, 0.15) is 11.1 Å². The zero-order valence-electron chi connectivity index (χ0n) is 12.9. The summed E-state index contributed by atoms with van der Waals surface area (Å²) in [5.41, 5.74) is 1.67. The van der Waals surface area contributed by atoms with Gasteiger partial charge >= 0.3 is 0 Å². The number of hydrogen-bond acceptors (Lipinski definition) is 3. The van der Waals surface area contributed by atoms with Crippen molar-refractivity contribution in [2.75, 3.05) is 0 Å². The summed E-state index contributed by atoms with van der Waals surface area (Å²) in [6.45, 7) is 1.68. The van der Waals surface area contributed by atoms with Crippen LogP contribution < -0.4 is 5.56 Å². The second-order valence-corrected chi connectivity index (χ2v) is 6.59. The van der Waals surface area contributed by atoms with Crippen LogP contribution in [-0.2, 0) is 5.75 Å². The molecule has 0 atom stereocenters. The summed E-state index contributed by atoms with van der Waals surface area (Å²) in [6, 6.07) is 12.2. The van der Waals surface area contributed by atoms with E-state index in [-0.39, 0.29) is 11.4 Å². The van der Waals surface area contributed by atoms with Crippen molar-refractivity contribution in [1.82, 2.24) is 9.55 Å². The fraction of sp³-hybridized carbons (Fsp3) is 0.111. The summed E-state index contributed by atoms with van der Waals surface area (Å²) in [4.78, 5) is 16.7. The molecule has 6 heteroatoms. The molecule has 0 unspecified atom stereocenters. The maximum atomic E-state index is 13.8. The van der Waals surface area contributed by atoms with Gasteiger partial charge in [-0.15, -0.1) is 0 Å². The molecule has 0 fully saturated rings. The molecule has 0 saturated heterocycles. The summed E-state index contributed by atoms with van der Waals surface area (Å²) in [5, 5.41) is 1.00. The molecule has 0 saturated carbocycles. The summed E-state index contributed by atoms with van der Waals surface area (Å²) in [6.07, 6.45) is 3.07. The molecule has 0 aliphatic carbocycles. The predicted molar refractivity (Wildman–Crippen MR) is 95.5 cm³/mol. The van der Waals surface area contributed by atoms with Gasteiger partial charge in [-0.25, -0.2) is 9.37 Å². The Balaban J connectivity index is 1.90. The fourth-order valence-electron chi connectivity index (χ4n) is 2.19. The first-order valence-corrected chi connectivity index (χ1v) is 8.63. The normalized spacial score (nSPS) is 10.8. The van der Waals surface area contributed by atoms with Gasteiger partial charge in [-0.3, -0.25) is 9.36 Å². The average molecular weight is 361 g/mol. The van der Waals surface area contributed by atoms with E-state index >= 15 is 0 Å². The maximum absolute atomic E-state index is 13.8. The lowest BCUT2D eigenvalue weighted by Crippen LogP contribution is -2.20. The van der Waals surface area contributed by atoms with Gasteiger partial charge in [0.05, 0.1) is 5.69 Å². The smallest absolute Gasteiger partial charge is 0.280 e. The standard InChI is InChI=1S/C18H14ClFN2OS/c1-12-6-7-14(10-16(12)20)22-9-8-21-17(18(22)23)24-11-13-4-2-3-5-15(13)19/h2-10H,11H2,1H3. The van der Waals surface area contributed by atoms with Crippen molar-refractivity contribution >= 4 is 23.4 Å². The Morgan fingerprint density at radius 2 is 2.04 bits per heavy atom. The molecule has 1 aromatic heterocycles. The van der Waals surface area contributed by atoms with Crippen LogP contribution in [0.25, 0.3) is 5.69 Å². The Morgan fingerprint density at radius 1 is 1.25 bits per heavy atom. The predicted octanol–water partition coefficient (Wildman–Crippen LogP) is 4.63. The molecule has 122 valence electrons. The monoisotopic (exact) mass is 360 g/mol. The van der Waals surface area contributed by atoms with Crippen molar-refractivity contribution in [1.29, 1.82) is 0 Å². The minimum Gasteiger partial charge on any atom is -0.280 e. The van der Waals surface area contributed by atoms with E-state index in [1.807, 2.05) is 24.3 Å². The van der Waals surface area contributed by atoms with E-state index in [0.29, 0.717) is 27.1 Å². The number of benzene rings is 2. The Kier molecular flexibility index (Phi) is 5.02. The van der Waals surface area contributed by atoms with E-state index in [9.17, 15) is 9.18 Å². The van der Waals surface area contributed by atoms with E-state index in [2.05, 4.69) is 4.98 Å². The van der Waals surface area contributed by atoms with E-state index in [1.165, 1.54) is 34.8 Å². The molecule has 3 rings (SSSR count). The van der Waals surface area contributed by atoms with E-state index in [1.54, 1.807) is 19.1 Å². The fourth-order valence-corrected chi connectivity index (χ4v) is 3.37. The van der Waals surface area contributed by atoms with Crippen LogP contribution in [0, 0.1) is 12.7 Å². The zero-order valence-corrected chi connectivity index (χ0v) is 14.4. The first-order chi connectivity index (χ1) is 11.6. The molecule has 24 heavy (non-hydrogen) atoms. The summed E-state index contributed by atoms with van der Waals surface area (Å²) in [7, 11) is 0. The van der Waals surface area contributed by atoms with Crippen LogP contribution in [0.3, 0.4) is 0 Å². The number of nitrogens with zero attached hydrogens (tertiary/aromatic N) is 2. The van der Waals surface area contributed by atoms with Crippen molar-refractivity contribution in [3.63, 3.8) is 0 Å². The number of hydrogen-bond donors (Lipinski definition) is 0. The Labute approximate surface area is 148 Å². The quantitative estimate of drug-likeness (QED) is 0.636. The highest BCUT2D eigenvalue weighted by molar-refractivity contribution is 7.98. The average Bonchev–Trinajstić information content (AvgIpc) is 2.58. The highest BCUT2D eigenvalue weighted by atomic mass is 35.5. The van der Waals surface area contributed by atoms with Crippen molar-refractivity contribution in [2.45, 2.75) is 17.7 Å². The molecule has 0 radical (unpaired) electrons. The highest BCUT2D eigenvalue weighted by Crippen LogP contribution is 2.23. The molecule has 1 heterocycles.